The Kier molecular flexibility index (Phi) is 15.0. The van der Waals surface area contributed by atoms with Gasteiger partial charge >= 0.3 is 0 Å². The molecule has 20 heavy (non-hydrogen) atoms. The molecule has 4 unspecified atom stereocenters. The Bertz CT molecular complexity index is 205. The molecule has 0 aromatic heterocycles. The Morgan fingerprint density at radius 1 is 0.800 bits per heavy atom. The van der Waals surface area contributed by atoms with Crippen molar-refractivity contribution in [2.45, 2.75) is 53.4 Å². The van der Waals surface area contributed by atoms with E-state index in [1.165, 1.54) is 51.9 Å². The van der Waals surface area contributed by atoms with E-state index in [0.717, 1.165) is 23.7 Å². The first-order valence-electron chi connectivity index (χ1n) is 8.26. The molecule has 2 fully saturated rings. The van der Waals surface area contributed by atoms with Gasteiger partial charge in [0.2, 0.25) is 0 Å². The van der Waals surface area contributed by atoms with E-state index in [9.17, 15) is 0 Å². The van der Waals surface area contributed by atoms with Crippen LogP contribution in [0.15, 0.2) is 0 Å². The van der Waals surface area contributed by atoms with Crippen LogP contribution in [0.1, 0.15) is 53.4 Å². The highest BCUT2D eigenvalue weighted by Crippen LogP contribution is 2.22. The summed E-state index contributed by atoms with van der Waals surface area (Å²) in [6.07, 6.45) is 5.48. The summed E-state index contributed by atoms with van der Waals surface area (Å²) >= 11 is 4.24. The Balaban J connectivity index is 0.000000321. The van der Waals surface area contributed by atoms with E-state index in [-0.39, 0.29) is 0 Å². The molecule has 2 saturated heterocycles. The molecule has 0 aromatic rings. The molecule has 2 N–H and O–H groups in total. The molecule has 122 valence electrons. The standard InChI is InChI=1S/2C8H17N.I2/c1-3-8-4-7(2)5-9-6-8;1-3-7-5-9-6-8(7)4-2;1-2/h2*7-9H,3-6H2,1-2H3;. The fourth-order valence-electron chi connectivity index (χ4n) is 3.32. The summed E-state index contributed by atoms with van der Waals surface area (Å²) in [5, 5.41) is 6.86. The molecular formula is C16H34I2N2. The van der Waals surface area contributed by atoms with E-state index in [2.05, 4.69) is 75.6 Å². The van der Waals surface area contributed by atoms with Crippen LogP contribution in [0.2, 0.25) is 0 Å². The third-order valence-electron chi connectivity index (χ3n) is 4.77. The number of piperidine rings is 1. The first-order valence-corrected chi connectivity index (χ1v) is 14.5. The van der Waals surface area contributed by atoms with E-state index >= 15 is 0 Å². The van der Waals surface area contributed by atoms with Gasteiger partial charge in [0.25, 0.3) is 0 Å². The van der Waals surface area contributed by atoms with E-state index in [1.54, 1.807) is 0 Å². The second-order valence-electron chi connectivity index (χ2n) is 6.27. The zero-order valence-corrected chi connectivity index (χ0v) is 18.0. The first-order chi connectivity index (χ1) is 9.71. The van der Waals surface area contributed by atoms with Crippen LogP contribution in [-0.4, -0.2) is 26.2 Å². The lowest BCUT2D eigenvalue weighted by Gasteiger charge is -2.26. The third-order valence-corrected chi connectivity index (χ3v) is 4.77. The average Bonchev–Trinajstić information content (AvgIpc) is 2.97. The van der Waals surface area contributed by atoms with Crippen molar-refractivity contribution in [3.63, 3.8) is 0 Å². The minimum atomic E-state index is 0.906. The van der Waals surface area contributed by atoms with Crippen molar-refractivity contribution >= 4 is 37.2 Å². The maximum absolute atomic E-state index is 3.44. The lowest BCUT2D eigenvalue weighted by molar-refractivity contribution is 0.296. The summed E-state index contributed by atoms with van der Waals surface area (Å²) in [7, 11) is 0. The van der Waals surface area contributed by atoms with Crippen molar-refractivity contribution in [2.24, 2.45) is 23.7 Å². The van der Waals surface area contributed by atoms with Crippen LogP contribution < -0.4 is 10.6 Å². The van der Waals surface area contributed by atoms with Crippen LogP contribution >= 0.6 is 37.2 Å². The summed E-state index contributed by atoms with van der Waals surface area (Å²) in [5.41, 5.74) is 0. The zero-order valence-electron chi connectivity index (χ0n) is 13.7. The molecule has 2 aliphatic heterocycles. The monoisotopic (exact) mass is 508 g/mol. The normalized spacial score (nSPS) is 32.7. The largest absolute Gasteiger partial charge is 0.316 e. The topological polar surface area (TPSA) is 24.1 Å². The van der Waals surface area contributed by atoms with Crippen LogP contribution in [0.25, 0.3) is 0 Å². The Morgan fingerprint density at radius 3 is 1.65 bits per heavy atom. The lowest BCUT2D eigenvalue weighted by Crippen LogP contribution is -2.34. The third kappa shape index (κ3) is 8.73. The van der Waals surface area contributed by atoms with Crippen LogP contribution in [0.4, 0.5) is 0 Å². The summed E-state index contributed by atoms with van der Waals surface area (Å²) in [4.78, 5) is 0. The molecular weight excluding hydrogens is 474 g/mol. The molecule has 2 rings (SSSR count). The predicted octanol–water partition coefficient (Wildman–Crippen LogP) is 5.06. The van der Waals surface area contributed by atoms with Gasteiger partial charge in [-0.15, -0.1) is 0 Å². The zero-order chi connectivity index (χ0) is 15.4. The van der Waals surface area contributed by atoms with Gasteiger partial charge in [0.15, 0.2) is 0 Å². The maximum Gasteiger partial charge on any atom is 0 e. The number of rotatable bonds is 3. The molecule has 2 nitrogen and oxygen atoms in total. The summed E-state index contributed by atoms with van der Waals surface area (Å²) in [6.45, 7) is 14.2. The molecule has 4 atom stereocenters. The number of nitrogens with one attached hydrogen (secondary N) is 2. The second kappa shape index (κ2) is 14.0. The molecule has 0 saturated carbocycles. The van der Waals surface area contributed by atoms with E-state index < -0.39 is 0 Å². The lowest BCUT2D eigenvalue weighted by atomic mass is 9.90. The highest BCUT2D eigenvalue weighted by molar-refractivity contribution is 15.0. The van der Waals surface area contributed by atoms with Crippen molar-refractivity contribution in [2.75, 3.05) is 26.2 Å². The van der Waals surface area contributed by atoms with E-state index in [4.69, 9.17) is 0 Å². The highest BCUT2D eigenvalue weighted by Gasteiger charge is 2.22. The fraction of sp³-hybridized carbons (Fsp3) is 1.00. The number of hydrogen-bond acceptors (Lipinski definition) is 2. The minimum absolute atomic E-state index is 0.906. The smallest absolute Gasteiger partial charge is 0 e. The Labute approximate surface area is 150 Å². The van der Waals surface area contributed by atoms with Gasteiger partial charge < -0.3 is 10.6 Å². The molecule has 2 aliphatic rings. The Hall–Kier alpha value is 1.38. The van der Waals surface area contributed by atoms with Gasteiger partial charge in [0.05, 0.1) is 0 Å². The van der Waals surface area contributed by atoms with Gasteiger partial charge in [-0.25, -0.2) is 0 Å². The first kappa shape index (κ1) is 21.4. The minimum Gasteiger partial charge on any atom is -0.316 e. The van der Waals surface area contributed by atoms with Crippen molar-refractivity contribution in [1.82, 2.24) is 10.6 Å². The van der Waals surface area contributed by atoms with Crippen molar-refractivity contribution < 1.29 is 0 Å². The molecule has 0 amide bonds. The van der Waals surface area contributed by atoms with Gasteiger partial charge in [-0.1, -0.05) is 47.0 Å². The number of halogens is 2. The predicted molar refractivity (Wildman–Crippen MR) is 109 cm³/mol. The summed E-state index contributed by atoms with van der Waals surface area (Å²) in [5.74, 6) is 3.79. The van der Waals surface area contributed by atoms with Gasteiger partial charge in [0, 0.05) is 37.2 Å². The highest BCUT2D eigenvalue weighted by atomic mass is 128. The van der Waals surface area contributed by atoms with Gasteiger partial charge in [-0.2, -0.15) is 0 Å². The molecule has 2 heterocycles. The maximum atomic E-state index is 3.44. The molecule has 4 heteroatoms. The number of hydrogen-bond donors (Lipinski definition) is 2. The van der Waals surface area contributed by atoms with Crippen molar-refractivity contribution in [3.05, 3.63) is 0 Å². The van der Waals surface area contributed by atoms with Crippen LogP contribution in [-0.2, 0) is 0 Å². The van der Waals surface area contributed by atoms with Crippen molar-refractivity contribution in [3.8, 4) is 0 Å². The molecule has 0 radical (unpaired) electrons. The van der Waals surface area contributed by atoms with Crippen LogP contribution in [0.5, 0.6) is 0 Å². The average molecular weight is 508 g/mol. The van der Waals surface area contributed by atoms with Gasteiger partial charge in [-0.3, -0.25) is 0 Å². The van der Waals surface area contributed by atoms with Gasteiger partial charge in [-0.05, 0) is 56.3 Å². The van der Waals surface area contributed by atoms with Gasteiger partial charge in [0.1, 0.15) is 0 Å². The quantitative estimate of drug-likeness (QED) is 0.522. The molecule has 0 aromatic carbocycles. The summed E-state index contributed by atoms with van der Waals surface area (Å²) < 4.78 is 0. The molecule has 0 bridgehead atoms. The Morgan fingerprint density at radius 2 is 1.30 bits per heavy atom. The van der Waals surface area contributed by atoms with E-state index in [0.29, 0.717) is 0 Å². The SMILES string of the molecule is CCC1CNCC(C)C1.CCC1CNCC1CC.II. The molecule has 0 spiro atoms. The second-order valence-corrected chi connectivity index (χ2v) is 6.27. The van der Waals surface area contributed by atoms with Crippen molar-refractivity contribution in [1.29, 1.82) is 0 Å². The van der Waals surface area contributed by atoms with E-state index in [1.807, 2.05) is 0 Å². The molecule has 0 aliphatic carbocycles. The van der Waals surface area contributed by atoms with Crippen LogP contribution in [0.3, 0.4) is 0 Å². The fourth-order valence-corrected chi connectivity index (χ4v) is 3.32. The summed E-state index contributed by atoms with van der Waals surface area (Å²) in [6, 6.07) is 0. The van der Waals surface area contributed by atoms with Crippen LogP contribution in [0, 0.1) is 23.7 Å².